The number of hydrogen-bond donors (Lipinski definition) is 3. The molecule has 1 aromatic heterocycles. The first kappa shape index (κ1) is 17.3. The van der Waals surface area contributed by atoms with Crippen molar-refractivity contribution in [3.05, 3.63) is 65.4 Å². The van der Waals surface area contributed by atoms with E-state index in [0.29, 0.717) is 5.69 Å². The van der Waals surface area contributed by atoms with Crippen LogP contribution in [-0.2, 0) is 11.2 Å². The van der Waals surface area contributed by atoms with Crippen LogP contribution in [0.15, 0.2) is 48.5 Å². The lowest BCUT2D eigenvalue weighted by Gasteiger charge is -2.26. The van der Waals surface area contributed by atoms with E-state index in [1.54, 1.807) is 0 Å². The van der Waals surface area contributed by atoms with Gasteiger partial charge in [0.25, 0.3) is 5.91 Å². The van der Waals surface area contributed by atoms with Gasteiger partial charge in [-0.25, -0.2) is 0 Å². The predicted octanol–water partition coefficient (Wildman–Crippen LogP) is 2.88. The van der Waals surface area contributed by atoms with Crippen molar-refractivity contribution in [3.63, 3.8) is 0 Å². The van der Waals surface area contributed by atoms with Crippen molar-refractivity contribution in [2.45, 2.75) is 31.7 Å². The number of carbonyl (C=O) groups excluding carboxylic acids is 2. The smallest absolute Gasteiger partial charge is 0.272 e. The minimum atomic E-state index is -0.275. The lowest BCUT2D eigenvalue weighted by molar-refractivity contribution is -0.121. The highest BCUT2D eigenvalue weighted by molar-refractivity contribution is 6.04. The second-order valence-corrected chi connectivity index (χ2v) is 6.83. The molecule has 4 rings (SSSR count). The van der Waals surface area contributed by atoms with Crippen LogP contribution in [0.3, 0.4) is 0 Å². The van der Waals surface area contributed by atoms with Gasteiger partial charge in [-0.2, -0.15) is 5.10 Å². The standard InChI is InChI=1S/C21H22N4O2/c26-19(23-17-11-5-7-14-6-1-2-8-15(14)17)12-13-22-21(27)20-16-9-3-4-10-18(16)24-25-20/h1-4,6,8-10,17H,5,7,11-13H2,(H,22,27)(H,23,26)(H,24,25)/t17-/m0/s1. The van der Waals surface area contributed by atoms with Crippen LogP contribution in [0, 0.1) is 0 Å². The third-order valence-electron chi connectivity index (χ3n) is 5.03. The number of H-pyrrole nitrogens is 1. The van der Waals surface area contributed by atoms with Gasteiger partial charge in [-0.1, -0.05) is 42.5 Å². The summed E-state index contributed by atoms with van der Waals surface area (Å²) in [5.74, 6) is -0.327. The SMILES string of the molecule is O=C(CCNC(=O)c1n[nH]c2ccccc12)N[C@H]1CCCc2ccccc21. The third-order valence-corrected chi connectivity index (χ3v) is 5.03. The zero-order chi connectivity index (χ0) is 18.6. The number of rotatable bonds is 5. The van der Waals surface area contributed by atoms with Crippen LogP contribution in [0.5, 0.6) is 0 Å². The molecule has 2 amide bonds. The summed E-state index contributed by atoms with van der Waals surface area (Å²) in [6.45, 7) is 0.278. The molecule has 0 fully saturated rings. The lowest BCUT2D eigenvalue weighted by atomic mass is 9.88. The number of benzene rings is 2. The van der Waals surface area contributed by atoms with Crippen molar-refractivity contribution >= 4 is 22.7 Å². The molecule has 0 aliphatic heterocycles. The second-order valence-electron chi connectivity index (χ2n) is 6.83. The first-order valence-electron chi connectivity index (χ1n) is 9.31. The number of carbonyl (C=O) groups is 2. The zero-order valence-corrected chi connectivity index (χ0v) is 15.0. The largest absolute Gasteiger partial charge is 0.350 e. The predicted molar refractivity (Wildman–Crippen MR) is 103 cm³/mol. The molecule has 1 heterocycles. The molecule has 138 valence electrons. The van der Waals surface area contributed by atoms with Crippen molar-refractivity contribution < 1.29 is 9.59 Å². The number of nitrogens with zero attached hydrogens (tertiary/aromatic N) is 1. The van der Waals surface area contributed by atoms with Gasteiger partial charge in [0, 0.05) is 18.4 Å². The van der Waals surface area contributed by atoms with Gasteiger partial charge in [-0.3, -0.25) is 14.7 Å². The van der Waals surface area contributed by atoms with Gasteiger partial charge < -0.3 is 10.6 Å². The summed E-state index contributed by atoms with van der Waals surface area (Å²) in [7, 11) is 0. The van der Waals surface area contributed by atoms with Crippen LogP contribution >= 0.6 is 0 Å². The Labute approximate surface area is 157 Å². The number of nitrogens with one attached hydrogen (secondary N) is 3. The molecule has 0 saturated carbocycles. The third kappa shape index (κ3) is 3.69. The van der Waals surface area contributed by atoms with Gasteiger partial charge in [0.2, 0.25) is 5.91 Å². The van der Waals surface area contributed by atoms with E-state index < -0.39 is 0 Å². The maximum atomic E-state index is 12.3. The molecule has 0 saturated heterocycles. The van der Waals surface area contributed by atoms with E-state index in [9.17, 15) is 9.59 Å². The summed E-state index contributed by atoms with van der Waals surface area (Å²) in [5.41, 5.74) is 3.69. The number of amides is 2. The Morgan fingerprint density at radius 2 is 1.93 bits per heavy atom. The molecule has 3 N–H and O–H groups in total. The van der Waals surface area contributed by atoms with E-state index in [4.69, 9.17) is 0 Å². The number of fused-ring (bicyclic) bond motifs is 2. The molecule has 0 radical (unpaired) electrons. The first-order valence-corrected chi connectivity index (χ1v) is 9.31. The average Bonchev–Trinajstić information content (AvgIpc) is 3.12. The minimum absolute atomic E-state index is 0.0520. The monoisotopic (exact) mass is 362 g/mol. The fourth-order valence-corrected chi connectivity index (χ4v) is 3.68. The van der Waals surface area contributed by atoms with Crippen LogP contribution < -0.4 is 10.6 Å². The summed E-state index contributed by atoms with van der Waals surface area (Å²) < 4.78 is 0. The quantitative estimate of drug-likeness (QED) is 0.652. The average molecular weight is 362 g/mol. The molecule has 0 unspecified atom stereocenters. The summed E-state index contributed by atoms with van der Waals surface area (Å²) in [4.78, 5) is 24.6. The Hall–Kier alpha value is -3.15. The highest BCUT2D eigenvalue weighted by atomic mass is 16.2. The first-order chi connectivity index (χ1) is 13.2. The van der Waals surface area contributed by atoms with Crippen molar-refractivity contribution in [1.82, 2.24) is 20.8 Å². The molecule has 1 aliphatic carbocycles. The molecule has 1 aliphatic rings. The van der Waals surface area contributed by atoms with E-state index in [2.05, 4.69) is 33.0 Å². The van der Waals surface area contributed by atoms with Crippen LogP contribution in [0.25, 0.3) is 10.9 Å². The number of hydrogen-bond acceptors (Lipinski definition) is 3. The Kier molecular flexibility index (Phi) is 4.87. The number of para-hydroxylation sites is 1. The van der Waals surface area contributed by atoms with Crippen LogP contribution in [0.2, 0.25) is 0 Å². The molecule has 3 aromatic rings. The van der Waals surface area contributed by atoms with E-state index in [1.165, 1.54) is 11.1 Å². The van der Waals surface area contributed by atoms with Crippen molar-refractivity contribution in [3.8, 4) is 0 Å². The molecule has 2 aromatic carbocycles. The summed E-state index contributed by atoms with van der Waals surface area (Å²) in [6.07, 6.45) is 3.34. The number of aryl methyl sites for hydroxylation is 1. The van der Waals surface area contributed by atoms with Crippen molar-refractivity contribution in [2.24, 2.45) is 0 Å². The van der Waals surface area contributed by atoms with Crippen LogP contribution in [0.1, 0.15) is 46.9 Å². The highest BCUT2D eigenvalue weighted by Crippen LogP contribution is 2.29. The Morgan fingerprint density at radius 3 is 2.85 bits per heavy atom. The van der Waals surface area contributed by atoms with Gasteiger partial charge >= 0.3 is 0 Å². The number of aromatic nitrogens is 2. The van der Waals surface area contributed by atoms with Crippen LogP contribution in [-0.4, -0.2) is 28.6 Å². The number of aromatic amines is 1. The van der Waals surface area contributed by atoms with E-state index in [0.717, 1.165) is 30.2 Å². The maximum absolute atomic E-state index is 12.3. The van der Waals surface area contributed by atoms with Gasteiger partial charge in [-0.15, -0.1) is 0 Å². The molecule has 0 spiro atoms. The zero-order valence-electron chi connectivity index (χ0n) is 15.0. The van der Waals surface area contributed by atoms with Crippen molar-refractivity contribution in [2.75, 3.05) is 6.54 Å². The topological polar surface area (TPSA) is 86.9 Å². The fourth-order valence-electron chi connectivity index (χ4n) is 3.68. The lowest BCUT2D eigenvalue weighted by Crippen LogP contribution is -2.34. The van der Waals surface area contributed by atoms with E-state index in [1.807, 2.05) is 36.4 Å². The Morgan fingerprint density at radius 1 is 1.11 bits per heavy atom. The summed E-state index contributed by atoms with van der Waals surface area (Å²) in [5, 5.41) is 13.6. The molecule has 0 bridgehead atoms. The summed E-state index contributed by atoms with van der Waals surface area (Å²) >= 11 is 0. The van der Waals surface area contributed by atoms with Gasteiger partial charge in [0.05, 0.1) is 11.6 Å². The summed E-state index contributed by atoms with van der Waals surface area (Å²) in [6, 6.07) is 15.8. The Bertz CT molecular complexity index is 979. The van der Waals surface area contributed by atoms with Crippen molar-refractivity contribution in [1.29, 1.82) is 0 Å². The fraction of sp³-hybridized carbons (Fsp3) is 0.286. The van der Waals surface area contributed by atoms with Crippen LogP contribution in [0.4, 0.5) is 0 Å². The molecule has 6 heteroatoms. The highest BCUT2D eigenvalue weighted by Gasteiger charge is 2.21. The molecule has 27 heavy (non-hydrogen) atoms. The van der Waals surface area contributed by atoms with E-state index in [-0.39, 0.29) is 30.8 Å². The molecular weight excluding hydrogens is 340 g/mol. The maximum Gasteiger partial charge on any atom is 0.272 e. The normalized spacial score (nSPS) is 15.9. The molecule has 1 atom stereocenters. The second kappa shape index (κ2) is 7.61. The van der Waals surface area contributed by atoms with Gasteiger partial charge in [0.15, 0.2) is 5.69 Å². The van der Waals surface area contributed by atoms with Gasteiger partial charge in [0.1, 0.15) is 0 Å². The van der Waals surface area contributed by atoms with Gasteiger partial charge in [-0.05, 0) is 36.5 Å². The molecule has 6 nitrogen and oxygen atoms in total. The van der Waals surface area contributed by atoms with E-state index >= 15 is 0 Å². The molecular formula is C21H22N4O2. The minimum Gasteiger partial charge on any atom is -0.350 e. The Balaban J connectivity index is 1.31.